The van der Waals surface area contributed by atoms with E-state index in [0.717, 1.165) is 18.1 Å². The Morgan fingerprint density at radius 1 is 1.39 bits per heavy atom. The van der Waals surface area contributed by atoms with Crippen molar-refractivity contribution in [1.29, 1.82) is 0 Å². The Balaban J connectivity index is 2.07. The average molecular weight is 273 g/mol. The lowest BCUT2D eigenvalue weighted by Crippen LogP contribution is -2.42. The first kappa shape index (κ1) is 15.3. The highest BCUT2D eigenvalue weighted by Crippen LogP contribution is 2.09. The van der Waals surface area contributed by atoms with E-state index in [1.54, 1.807) is 0 Å². The summed E-state index contributed by atoms with van der Waals surface area (Å²) in [5.74, 6) is 2.11. The van der Waals surface area contributed by atoms with Crippen molar-refractivity contribution in [2.75, 3.05) is 24.6 Å². The summed E-state index contributed by atoms with van der Waals surface area (Å²) in [6, 6.07) is 0.421. The number of carbonyl (C=O) groups excluding carboxylic acids is 2. The van der Waals surface area contributed by atoms with Gasteiger partial charge in [0.25, 0.3) is 0 Å². The molecular formula is C12H23N3O2S. The average Bonchev–Trinajstić information content (AvgIpc) is 2.29. The van der Waals surface area contributed by atoms with Gasteiger partial charge in [0.2, 0.25) is 11.8 Å². The molecule has 5 nitrogen and oxygen atoms in total. The molecule has 0 saturated carbocycles. The van der Waals surface area contributed by atoms with Crippen LogP contribution in [0.1, 0.15) is 26.7 Å². The second-order valence-corrected chi connectivity index (χ2v) is 5.90. The Hall–Kier alpha value is -0.750. The SMILES string of the molecule is CC(C)NC(=O)CCNC(=O)CC1CSCCN1. The van der Waals surface area contributed by atoms with Crippen LogP contribution in [0.4, 0.5) is 0 Å². The monoisotopic (exact) mass is 273 g/mol. The molecule has 1 atom stereocenters. The van der Waals surface area contributed by atoms with E-state index in [0.29, 0.717) is 19.4 Å². The van der Waals surface area contributed by atoms with Crippen molar-refractivity contribution in [3.8, 4) is 0 Å². The van der Waals surface area contributed by atoms with Crippen molar-refractivity contribution in [2.45, 2.75) is 38.8 Å². The number of hydrogen-bond acceptors (Lipinski definition) is 4. The Morgan fingerprint density at radius 3 is 2.78 bits per heavy atom. The van der Waals surface area contributed by atoms with Gasteiger partial charge >= 0.3 is 0 Å². The maximum atomic E-state index is 11.6. The highest BCUT2D eigenvalue weighted by Gasteiger charge is 2.16. The molecule has 1 heterocycles. The van der Waals surface area contributed by atoms with Gasteiger partial charge in [0, 0.05) is 49.5 Å². The van der Waals surface area contributed by atoms with Gasteiger partial charge in [-0.25, -0.2) is 0 Å². The molecule has 0 aromatic heterocycles. The highest BCUT2D eigenvalue weighted by molar-refractivity contribution is 7.99. The van der Waals surface area contributed by atoms with Crippen LogP contribution in [-0.2, 0) is 9.59 Å². The molecule has 2 amide bonds. The Kier molecular flexibility index (Phi) is 7.12. The van der Waals surface area contributed by atoms with E-state index >= 15 is 0 Å². The molecule has 1 aliphatic rings. The van der Waals surface area contributed by atoms with Crippen molar-refractivity contribution in [2.24, 2.45) is 0 Å². The summed E-state index contributed by atoms with van der Waals surface area (Å²) in [4.78, 5) is 23.0. The summed E-state index contributed by atoms with van der Waals surface area (Å²) in [5.41, 5.74) is 0. The minimum absolute atomic E-state index is 0.0170. The molecule has 104 valence electrons. The lowest BCUT2D eigenvalue weighted by Gasteiger charge is -2.22. The van der Waals surface area contributed by atoms with Gasteiger partial charge in [0.1, 0.15) is 0 Å². The standard InChI is InChI=1S/C12H23N3O2S/c1-9(2)15-11(16)3-4-14-12(17)7-10-8-18-6-5-13-10/h9-10,13H,3-8H2,1-2H3,(H,14,17)(H,15,16). The third-order valence-electron chi connectivity index (χ3n) is 2.55. The molecule has 0 aromatic rings. The van der Waals surface area contributed by atoms with E-state index < -0.39 is 0 Å². The number of hydrogen-bond donors (Lipinski definition) is 3. The quantitative estimate of drug-likeness (QED) is 0.642. The van der Waals surface area contributed by atoms with Crippen LogP contribution in [-0.4, -0.2) is 48.5 Å². The predicted octanol–water partition coefficient (Wildman–Crippen LogP) is 0.112. The maximum absolute atomic E-state index is 11.6. The number of nitrogens with one attached hydrogen (secondary N) is 3. The van der Waals surface area contributed by atoms with Crippen LogP contribution < -0.4 is 16.0 Å². The third kappa shape index (κ3) is 6.86. The number of thioether (sulfide) groups is 1. The molecule has 18 heavy (non-hydrogen) atoms. The van der Waals surface area contributed by atoms with Crippen LogP contribution in [0.3, 0.4) is 0 Å². The summed E-state index contributed by atoms with van der Waals surface area (Å²) < 4.78 is 0. The van der Waals surface area contributed by atoms with E-state index in [-0.39, 0.29) is 23.9 Å². The molecule has 0 aromatic carbocycles. The minimum Gasteiger partial charge on any atom is -0.356 e. The summed E-state index contributed by atoms with van der Waals surface area (Å²) in [5, 5.41) is 8.89. The zero-order valence-electron chi connectivity index (χ0n) is 11.1. The molecule has 1 unspecified atom stereocenters. The molecule has 0 radical (unpaired) electrons. The zero-order valence-corrected chi connectivity index (χ0v) is 11.9. The fraction of sp³-hybridized carbons (Fsp3) is 0.833. The van der Waals surface area contributed by atoms with E-state index in [1.165, 1.54) is 0 Å². The second-order valence-electron chi connectivity index (χ2n) is 4.75. The smallest absolute Gasteiger partial charge is 0.221 e. The minimum atomic E-state index is -0.0170. The van der Waals surface area contributed by atoms with Crippen molar-refractivity contribution in [1.82, 2.24) is 16.0 Å². The second kappa shape index (κ2) is 8.37. The van der Waals surface area contributed by atoms with Gasteiger partial charge in [0.15, 0.2) is 0 Å². The highest BCUT2D eigenvalue weighted by atomic mass is 32.2. The molecule has 3 N–H and O–H groups in total. The predicted molar refractivity (Wildman–Crippen MR) is 74.6 cm³/mol. The van der Waals surface area contributed by atoms with Gasteiger partial charge in [-0.2, -0.15) is 11.8 Å². The third-order valence-corrected chi connectivity index (χ3v) is 3.69. The van der Waals surface area contributed by atoms with Crippen molar-refractivity contribution < 1.29 is 9.59 Å². The lowest BCUT2D eigenvalue weighted by atomic mass is 10.2. The first-order chi connectivity index (χ1) is 8.58. The normalized spacial score (nSPS) is 19.6. The van der Waals surface area contributed by atoms with Crippen molar-refractivity contribution in [3.63, 3.8) is 0 Å². The fourth-order valence-electron chi connectivity index (χ4n) is 1.76. The molecule has 1 saturated heterocycles. The summed E-state index contributed by atoms with van der Waals surface area (Å²) in [7, 11) is 0. The molecule has 0 bridgehead atoms. The van der Waals surface area contributed by atoms with Crippen molar-refractivity contribution in [3.05, 3.63) is 0 Å². The number of rotatable bonds is 6. The molecule has 1 aliphatic heterocycles. The van der Waals surface area contributed by atoms with Gasteiger partial charge in [-0.1, -0.05) is 0 Å². The number of carbonyl (C=O) groups is 2. The van der Waals surface area contributed by atoms with Gasteiger partial charge in [-0.05, 0) is 13.8 Å². The van der Waals surface area contributed by atoms with Gasteiger partial charge < -0.3 is 16.0 Å². The summed E-state index contributed by atoms with van der Waals surface area (Å²) in [6.07, 6.45) is 0.843. The van der Waals surface area contributed by atoms with Crippen LogP contribution in [0.15, 0.2) is 0 Å². The van der Waals surface area contributed by atoms with E-state index in [2.05, 4.69) is 16.0 Å². The van der Waals surface area contributed by atoms with E-state index in [1.807, 2.05) is 25.6 Å². The molecular weight excluding hydrogens is 250 g/mol. The Labute approximate surface area is 113 Å². The van der Waals surface area contributed by atoms with Gasteiger partial charge in [-0.3, -0.25) is 9.59 Å². The largest absolute Gasteiger partial charge is 0.356 e. The van der Waals surface area contributed by atoms with Crippen LogP contribution in [0, 0.1) is 0 Å². The molecule has 1 rings (SSSR count). The van der Waals surface area contributed by atoms with E-state index in [9.17, 15) is 9.59 Å². The van der Waals surface area contributed by atoms with Crippen LogP contribution >= 0.6 is 11.8 Å². The fourth-order valence-corrected chi connectivity index (χ4v) is 2.71. The zero-order chi connectivity index (χ0) is 13.4. The Bertz CT molecular complexity index is 278. The van der Waals surface area contributed by atoms with Gasteiger partial charge in [-0.15, -0.1) is 0 Å². The van der Waals surface area contributed by atoms with E-state index in [4.69, 9.17) is 0 Å². The summed E-state index contributed by atoms with van der Waals surface area (Å²) in [6.45, 7) is 5.22. The molecule has 1 fully saturated rings. The lowest BCUT2D eigenvalue weighted by molar-refractivity contribution is -0.122. The molecule has 6 heteroatoms. The Morgan fingerprint density at radius 2 is 2.17 bits per heavy atom. The molecule has 0 spiro atoms. The molecule has 0 aliphatic carbocycles. The first-order valence-corrected chi connectivity index (χ1v) is 7.60. The summed E-state index contributed by atoms with van der Waals surface area (Å²) >= 11 is 1.87. The van der Waals surface area contributed by atoms with Gasteiger partial charge in [0.05, 0.1) is 0 Å². The maximum Gasteiger partial charge on any atom is 0.221 e. The first-order valence-electron chi connectivity index (χ1n) is 6.45. The number of amides is 2. The van der Waals surface area contributed by atoms with Crippen LogP contribution in [0.25, 0.3) is 0 Å². The van der Waals surface area contributed by atoms with Crippen LogP contribution in [0.2, 0.25) is 0 Å². The van der Waals surface area contributed by atoms with Crippen molar-refractivity contribution >= 4 is 23.6 Å². The topological polar surface area (TPSA) is 70.2 Å². The van der Waals surface area contributed by atoms with Crippen LogP contribution in [0.5, 0.6) is 0 Å².